The van der Waals surface area contributed by atoms with Gasteiger partial charge in [0.25, 0.3) is 0 Å². The number of nitrogens with one attached hydrogen (secondary N) is 1. The maximum atomic E-state index is 12.2. The third-order valence-electron chi connectivity index (χ3n) is 6.85. The van der Waals surface area contributed by atoms with E-state index in [1.165, 1.54) is 70.6 Å². The van der Waals surface area contributed by atoms with Crippen LogP contribution in [0.15, 0.2) is 0 Å². The first-order valence-electron chi connectivity index (χ1n) is 11.2. The number of fused-ring (bicyclic) bond motifs is 5. The molecule has 4 unspecified atom stereocenters. The molecule has 4 nitrogen and oxygen atoms in total. The Balaban J connectivity index is 1.25. The van der Waals surface area contributed by atoms with Gasteiger partial charge in [0.05, 0.1) is 23.5 Å². The van der Waals surface area contributed by atoms with E-state index in [1.54, 1.807) is 0 Å². The van der Waals surface area contributed by atoms with E-state index in [2.05, 4.69) is 12.2 Å². The highest BCUT2D eigenvalue weighted by Crippen LogP contribution is 2.55. The molecule has 3 aliphatic heterocycles. The summed E-state index contributed by atoms with van der Waals surface area (Å²) >= 11 is 0. The lowest BCUT2D eigenvalue weighted by Gasteiger charge is -2.30. The summed E-state index contributed by atoms with van der Waals surface area (Å²) in [5.74, 6) is -0.586. The van der Waals surface area contributed by atoms with Crippen molar-refractivity contribution in [3.8, 4) is 0 Å². The number of hydrogen-bond acceptors (Lipinski definition) is 3. The molecule has 2 amide bonds. The van der Waals surface area contributed by atoms with Gasteiger partial charge in [-0.1, -0.05) is 84.0 Å². The van der Waals surface area contributed by atoms with Gasteiger partial charge in [-0.2, -0.15) is 0 Å². The van der Waals surface area contributed by atoms with Crippen molar-refractivity contribution in [2.45, 2.75) is 115 Å². The predicted molar refractivity (Wildman–Crippen MR) is 103 cm³/mol. The van der Waals surface area contributed by atoms with Gasteiger partial charge >= 0.3 is 0 Å². The van der Waals surface area contributed by atoms with Crippen LogP contribution < -0.4 is 5.32 Å². The first-order valence-corrected chi connectivity index (χ1v) is 11.2. The first-order chi connectivity index (χ1) is 12.7. The van der Waals surface area contributed by atoms with Gasteiger partial charge in [-0.05, 0) is 19.3 Å². The fourth-order valence-corrected chi connectivity index (χ4v) is 5.44. The Hall–Kier alpha value is -0.900. The van der Waals surface area contributed by atoms with E-state index in [0.717, 1.165) is 25.7 Å². The average molecular weight is 364 g/mol. The standard InChI is InChI=1S/C22H37NO3/c1-2-3-4-5-6-7-8-9-10-11-12-13-15-22-16-14-17(26-22)18-19(22)21(25)23-20(18)24/h17-19H,2-16H2,1H3,(H,23,24,25). The van der Waals surface area contributed by atoms with Gasteiger partial charge in [0.1, 0.15) is 0 Å². The summed E-state index contributed by atoms with van der Waals surface area (Å²) in [5.41, 5.74) is -0.329. The minimum absolute atomic E-state index is 0.0104. The van der Waals surface area contributed by atoms with Crippen LogP contribution in [0.3, 0.4) is 0 Å². The van der Waals surface area contributed by atoms with E-state index < -0.39 is 0 Å². The van der Waals surface area contributed by atoms with Crippen LogP contribution >= 0.6 is 0 Å². The summed E-state index contributed by atoms with van der Waals surface area (Å²) < 4.78 is 6.19. The minimum atomic E-state index is -0.329. The normalized spacial score (nSPS) is 32.3. The number of hydrogen-bond donors (Lipinski definition) is 1. The number of amides is 2. The van der Waals surface area contributed by atoms with Crippen molar-refractivity contribution in [3.63, 3.8) is 0 Å². The van der Waals surface area contributed by atoms with Crippen molar-refractivity contribution in [3.05, 3.63) is 0 Å². The van der Waals surface area contributed by atoms with Crippen LogP contribution in [0.5, 0.6) is 0 Å². The SMILES string of the molecule is CCCCCCCCCCCCCCC12CCC(O1)C1C(=O)NC(=O)C12. The van der Waals surface area contributed by atoms with E-state index in [1.807, 2.05) is 0 Å². The Morgan fingerprint density at radius 3 is 2.08 bits per heavy atom. The number of ether oxygens (including phenoxy) is 1. The van der Waals surface area contributed by atoms with E-state index >= 15 is 0 Å². The second kappa shape index (κ2) is 9.34. The second-order valence-electron chi connectivity index (χ2n) is 8.76. The van der Waals surface area contributed by atoms with Crippen molar-refractivity contribution in [2.24, 2.45) is 11.8 Å². The zero-order chi connectivity index (χ0) is 18.4. The molecule has 3 rings (SSSR count). The van der Waals surface area contributed by atoms with Gasteiger partial charge in [-0.15, -0.1) is 0 Å². The molecule has 1 N–H and O–H groups in total. The van der Waals surface area contributed by atoms with E-state index in [9.17, 15) is 9.59 Å². The Bertz CT molecular complexity index is 492. The van der Waals surface area contributed by atoms with Gasteiger partial charge in [0.2, 0.25) is 11.8 Å². The van der Waals surface area contributed by atoms with Gasteiger partial charge < -0.3 is 4.74 Å². The van der Waals surface area contributed by atoms with E-state index in [0.29, 0.717) is 0 Å². The van der Waals surface area contributed by atoms with Crippen molar-refractivity contribution in [1.29, 1.82) is 0 Å². The molecular formula is C22H37NO3. The van der Waals surface area contributed by atoms with Crippen LogP contribution in [0, 0.1) is 11.8 Å². The van der Waals surface area contributed by atoms with Gasteiger partial charge in [0.15, 0.2) is 0 Å². The molecule has 0 radical (unpaired) electrons. The average Bonchev–Trinajstić information content (AvgIpc) is 3.27. The molecule has 148 valence electrons. The Morgan fingerprint density at radius 2 is 1.46 bits per heavy atom. The lowest BCUT2D eigenvalue weighted by molar-refractivity contribution is -0.131. The summed E-state index contributed by atoms with van der Waals surface area (Å²) in [6.07, 6.45) is 18.9. The largest absolute Gasteiger partial charge is 0.370 e. The topological polar surface area (TPSA) is 55.4 Å². The van der Waals surface area contributed by atoms with Gasteiger partial charge in [-0.25, -0.2) is 0 Å². The molecule has 0 saturated carbocycles. The van der Waals surface area contributed by atoms with Crippen molar-refractivity contribution in [1.82, 2.24) is 5.32 Å². The third-order valence-corrected chi connectivity index (χ3v) is 6.85. The summed E-state index contributed by atoms with van der Waals surface area (Å²) in [6.45, 7) is 2.27. The molecule has 4 atom stereocenters. The Morgan fingerprint density at radius 1 is 0.885 bits per heavy atom. The molecule has 0 aromatic rings. The molecule has 3 aliphatic rings. The molecule has 3 heterocycles. The molecular weight excluding hydrogens is 326 g/mol. The highest BCUT2D eigenvalue weighted by Gasteiger charge is 2.66. The van der Waals surface area contributed by atoms with Gasteiger partial charge in [0, 0.05) is 0 Å². The lowest BCUT2D eigenvalue weighted by Crippen LogP contribution is -2.40. The van der Waals surface area contributed by atoms with Crippen LogP contribution in [0.1, 0.15) is 103 Å². The van der Waals surface area contributed by atoms with E-state index in [4.69, 9.17) is 4.74 Å². The fourth-order valence-electron chi connectivity index (χ4n) is 5.44. The number of carbonyl (C=O) groups excluding carboxylic acids is 2. The van der Waals surface area contributed by atoms with Crippen LogP contribution in [-0.2, 0) is 14.3 Å². The quantitative estimate of drug-likeness (QED) is 0.374. The van der Waals surface area contributed by atoms with Crippen molar-refractivity contribution < 1.29 is 14.3 Å². The zero-order valence-electron chi connectivity index (χ0n) is 16.6. The molecule has 4 heteroatoms. The van der Waals surface area contributed by atoms with Crippen LogP contribution in [0.2, 0.25) is 0 Å². The number of unbranched alkanes of at least 4 members (excludes halogenated alkanes) is 11. The number of imide groups is 1. The zero-order valence-corrected chi connectivity index (χ0v) is 16.6. The van der Waals surface area contributed by atoms with Crippen molar-refractivity contribution >= 4 is 11.8 Å². The Kier molecular flexibility index (Phi) is 7.13. The third kappa shape index (κ3) is 4.32. The number of carbonyl (C=O) groups is 2. The highest BCUT2D eigenvalue weighted by atomic mass is 16.5. The molecule has 2 bridgehead atoms. The molecule has 0 aromatic carbocycles. The second-order valence-corrected chi connectivity index (χ2v) is 8.76. The van der Waals surface area contributed by atoms with Crippen LogP contribution in [-0.4, -0.2) is 23.5 Å². The maximum absolute atomic E-state index is 12.2. The Labute approximate surface area is 158 Å². The smallest absolute Gasteiger partial charge is 0.233 e. The maximum Gasteiger partial charge on any atom is 0.233 e. The lowest BCUT2D eigenvalue weighted by atomic mass is 9.71. The molecule has 0 spiro atoms. The predicted octanol–water partition coefficient (Wildman–Crippen LogP) is 4.90. The number of rotatable bonds is 13. The first kappa shape index (κ1) is 19.9. The highest BCUT2D eigenvalue weighted by molar-refractivity contribution is 6.06. The molecule has 0 aromatic heterocycles. The molecule has 3 saturated heterocycles. The molecule has 3 fully saturated rings. The summed E-state index contributed by atoms with van der Waals surface area (Å²) in [4.78, 5) is 24.1. The summed E-state index contributed by atoms with van der Waals surface area (Å²) in [7, 11) is 0. The van der Waals surface area contributed by atoms with Gasteiger partial charge in [-0.3, -0.25) is 14.9 Å². The van der Waals surface area contributed by atoms with Crippen molar-refractivity contribution in [2.75, 3.05) is 0 Å². The van der Waals surface area contributed by atoms with Crippen LogP contribution in [0.25, 0.3) is 0 Å². The summed E-state index contributed by atoms with van der Waals surface area (Å²) in [6, 6.07) is 0. The molecule has 0 aliphatic carbocycles. The fraction of sp³-hybridized carbons (Fsp3) is 0.909. The summed E-state index contributed by atoms with van der Waals surface area (Å²) in [5, 5.41) is 2.53. The van der Waals surface area contributed by atoms with Crippen LogP contribution in [0.4, 0.5) is 0 Å². The minimum Gasteiger partial charge on any atom is -0.370 e. The monoisotopic (exact) mass is 363 g/mol. The van der Waals surface area contributed by atoms with E-state index in [-0.39, 0.29) is 35.4 Å². The molecule has 26 heavy (non-hydrogen) atoms.